The van der Waals surface area contributed by atoms with Gasteiger partial charge in [-0.05, 0) is 30.7 Å². The van der Waals surface area contributed by atoms with Crippen molar-refractivity contribution in [1.82, 2.24) is 29.7 Å². The van der Waals surface area contributed by atoms with Crippen LogP contribution in [0.4, 0.5) is 0 Å². The lowest BCUT2D eigenvalue weighted by molar-refractivity contribution is 0.176. The van der Waals surface area contributed by atoms with Crippen LogP contribution in [0.15, 0.2) is 30.5 Å². The summed E-state index contributed by atoms with van der Waals surface area (Å²) >= 11 is 6.79. The monoisotopic (exact) mass is 426 g/mol. The third-order valence-electron chi connectivity index (χ3n) is 4.50. The number of aromatic nitrogens is 6. The van der Waals surface area contributed by atoms with Crippen molar-refractivity contribution in [2.45, 2.75) is 13.5 Å². The fraction of sp³-hybridized carbons (Fsp3) is 0.250. The minimum atomic E-state index is 0.215. The van der Waals surface area contributed by atoms with E-state index in [2.05, 4.69) is 25.1 Å². The molecule has 0 saturated carbocycles. The van der Waals surface area contributed by atoms with Gasteiger partial charge in [-0.25, -0.2) is 9.97 Å². The highest BCUT2D eigenvalue weighted by Gasteiger charge is 2.24. The van der Waals surface area contributed by atoms with Gasteiger partial charge >= 0.3 is 0 Å². The van der Waals surface area contributed by atoms with Crippen LogP contribution >= 0.6 is 11.6 Å². The van der Waals surface area contributed by atoms with Crippen LogP contribution in [-0.2, 0) is 11.3 Å². The Balaban J connectivity index is 2.11. The van der Waals surface area contributed by atoms with Gasteiger partial charge in [0.1, 0.15) is 17.8 Å². The second-order valence-corrected chi connectivity index (χ2v) is 6.77. The minimum Gasteiger partial charge on any atom is -0.477 e. The summed E-state index contributed by atoms with van der Waals surface area (Å²) in [4.78, 5) is 13.6. The maximum absolute atomic E-state index is 6.79. The number of ether oxygens (including phenoxy) is 3. The molecule has 3 aromatic heterocycles. The molecule has 4 aromatic rings. The highest BCUT2D eigenvalue weighted by molar-refractivity contribution is 6.34. The zero-order valence-corrected chi connectivity index (χ0v) is 17.6. The average molecular weight is 427 g/mol. The van der Waals surface area contributed by atoms with Crippen LogP contribution in [0.25, 0.3) is 28.2 Å². The van der Waals surface area contributed by atoms with E-state index in [9.17, 15) is 0 Å². The average Bonchev–Trinajstić information content (AvgIpc) is 3.18. The van der Waals surface area contributed by atoms with Crippen LogP contribution in [0, 0.1) is 6.92 Å². The third kappa shape index (κ3) is 3.31. The zero-order chi connectivity index (χ0) is 21.3. The van der Waals surface area contributed by atoms with Crippen molar-refractivity contribution in [2.24, 2.45) is 0 Å². The fourth-order valence-electron chi connectivity index (χ4n) is 3.16. The molecule has 30 heavy (non-hydrogen) atoms. The van der Waals surface area contributed by atoms with E-state index >= 15 is 0 Å². The predicted octanol–water partition coefficient (Wildman–Crippen LogP) is 3.40. The first kappa shape index (κ1) is 20.0. The Bertz CT molecular complexity index is 1210. The van der Waals surface area contributed by atoms with Gasteiger partial charge in [-0.15, -0.1) is 10.2 Å². The molecule has 154 valence electrons. The summed E-state index contributed by atoms with van der Waals surface area (Å²) in [6.45, 7) is 2.11. The standard InChI is InChI=1S/C20H19ClN6O3/c1-11-9-13-16(24-20(30-4)19(23-13)29-3)17(15(11)21)27-14(10-28-2)25-26-18(27)12-7-5-6-8-22-12/h5-9H,10H2,1-4H3. The first-order valence-electron chi connectivity index (χ1n) is 9.02. The lowest BCUT2D eigenvalue weighted by atomic mass is 10.1. The van der Waals surface area contributed by atoms with Gasteiger partial charge in [0.15, 0.2) is 11.6 Å². The van der Waals surface area contributed by atoms with Gasteiger partial charge in [0.25, 0.3) is 11.8 Å². The highest BCUT2D eigenvalue weighted by atomic mass is 35.5. The third-order valence-corrected chi connectivity index (χ3v) is 4.98. The quantitative estimate of drug-likeness (QED) is 0.462. The Morgan fingerprint density at radius 1 is 1.03 bits per heavy atom. The van der Waals surface area contributed by atoms with Gasteiger partial charge in [0, 0.05) is 13.3 Å². The molecule has 0 spiro atoms. The Hall–Kier alpha value is -3.30. The fourth-order valence-corrected chi connectivity index (χ4v) is 3.38. The molecule has 0 radical (unpaired) electrons. The number of aryl methyl sites for hydroxylation is 1. The summed E-state index contributed by atoms with van der Waals surface area (Å²) in [5, 5.41) is 9.13. The molecule has 3 heterocycles. The zero-order valence-electron chi connectivity index (χ0n) is 16.9. The van der Waals surface area contributed by atoms with Crippen molar-refractivity contribution in [2.75, 3.05) is 21.3 Å². The summed E-state index contributed by atoms with van der Waals surface area (Å²) in [6, 6.07) is 7.40. The van der Waals surface area contributed by atoms with Crippen molar-refractivity contribution in [3.8, 4) is 29.0 Å². The number of fused-ring (bicyclic) bond motifs is 1. The van der Waals surface area contributed by atoms with Crippen molar-refractivity contribution >= 4 is 22.6 Å². The second-order valence-electron chi connectivity index (χ2n) is 6.39. The molecular formula is C20H19ClN6O3. The van der Waals surface area contributed by atoms with Crippen LogP contribution in [0.5, 0.6) is 11.8 Å². The van der Waals surface area contributed by atoms with Gasteiger partial charge in [-0.1, -0.05) is 17.7 Å². The number of nitrogens with zero attached hydrogens (tertiary/aromatic N) is 6. The van der Waals surface area contributed by atoms with Crippen LogP contribution in [-0.4, -0.2) is 51.0 Å². The van der Waals surface area contributed by atoms with Crippen LogP contribution in [0.3, 0.4) is 0 Å². The van der Waals surface area contributed by atoms with Crippen LogP contribution in [0.1, 0.15) is 11.4 Å². The van der Waals surface area contributed by atoms with Crippen molar-refractivity contribution < 1.29 is 14.2 Å². The van der Waals surface area contributed by atoms with E-state index in [-0.39, 0.29) is 18.4 Å². The predicted molar refractivity (Wildman–Crippen MR) is 111 cm³/mol. The molecule has 0 saturated heterocycles. The van der Waals surface area contributed by atoms with Crippen molar-refractivity contribution in [3.63, 3.8) is 0 Å². The molecule has 0 bridgehead atoms. The Labute approximate surface area is 177 Å². The SMILES string of the molecule is COCc1nnc(-c2ccccn2)n1-c1c(Cl)c(C)cc2nc(OC)c(OC)nc12. The van der Waals surface area contributed by atoms with Gasteiger partial charge in [0.2, 0.25) is 0 Å². The summed E-state index contributed by atoms with van der Waals surface area (Å²) in [5.41, 5.74) is 3.11. The van der Waals surface area contributed by atoms with Crippen LogP contribution < -0.4 is 9.47 Å². The molecule has 9 nitrogen and oxygen atoms in total. The number of halogens is 1. The normalized spacial score (nSPS) is 11.1. The summed E-state index contributed by atoms with van der Waals surface area (Å²) in [7, 11) is 4.60. The van der Waals surface area contributed by atoms with Crippen molar-refractivity contribution in [1.29, 1.82) is 0 Å². The molecule has 0 aliphatic heterocycles. The van der Waals surface area contributed by atoms with E-state index in [0.717, 1.165) is 5.56 Å². The number of methoxy groups -OCH3 is 3. The summed E-state index contributed by atoms with van der Waals surface area (Å²) in [5.74, 6) is 1.58. The van der Waals surface area contributed by atoms with Gasteiger partial charge in [-0.2, -0.15) is 0 Å². The smallest absolute Gasteiger partial charge is 0.278 e. The number of hydrogen-bond acceptors (Lipinski definition) is 8. The second kappa shape index (κ2) is 8.21. The lowest BCUT2D eigenvalue weighted by Crippen LogP contribution is -2.09. The van der Waals surface area contributed by atoms with E-state index < -0.39 is 0 Å². The van der Waals surface area contributed by atoms with E-state index in [1.165, 1.54) is 14.2 Å². The van der Waals surface area contributed by atoms with E-state index in [1.807, 2.05) is 31.2 Å². The number of rotatable bonds is 6. The molecule has 0 aliphatic carbocycles. The Morgan fingerprint density at radius 3 is 2.47 bits per heavy atom. The van der Waals surface area contributed by atoms with E-state index in [0.29, 0.717) is 39.1 Å². The van der Waals surface area contributed by atoms with E-state index in [1.54, 1.807) is 17.9 Å². The number of benzene rings is 1. The van der Waals surface area contributed by atoms with Crippen molar-refractivity contribution in [3.05, 3.63) is 46.9 Å². The maximum Gasteiger partial charge on any atom is 0.278 e. The molecule has 0 fully saturated rings. The first-order valence-corrected chi connectivity index (χ1v) is 9.40. The summed E-state index contributed by atoms with van der Waals surface area (Å²) in [6.07, 6.45) is 1.69. The Kier molecular flexibility index (Phi) is 5.47. The van der Waals surface area contributed by atoms with Crippen LogP contribution in [0.2, 0.25) is 5.02 Å². The molecule has 0 N–H and O–H groups in total. The Morgan fingerprint density at radius 2 is 1.80 bits per heavy atom. The number of pyridine rings is 1. The lowest BCUT2D eigenvalue weighted by Gasteiger charge is -2.16. The molecule has 4 rings (SSSR count). The molecule has 1 aromatic carbocycles. The topological polar surface area (TPSA) is 97.1 Å². The minimum absolute atomic E-state index is 0.215. The number of hydrogen-bond donors (Lipinski definition) is 0. The first-order chi connectivity index (χ1) is 14.6. The molecule has 0 aliphatic rings. The van der Waals surface area contributed by atoms with Gasteiger partial charge in [0.05, 0.1) is 30.4 Å². The molecule has 0 unspecified atom stereocenters. The van der Waals surface area contributed by atoms with Gasteiger partial charge in [-0.3, -0.25) is 9.55 Å². The maximum atomic E-state index is 6.79. The molecule has 0 amide bonds. The highest BCUT2D eigenvalue weighted by Crippen LogP contribution is 2.37. The van der Waals surface area contributed by atoms with Gasteiger partial charge < -0.3 is 14.2 Å². The molecular weight excluding hydrogens is 408 g/mol. The molecule has 0 atom stereocenters. The largest absolute Gasteiger partial charge is 0.477 e. The summed E-state index contributed by atoms with van der Waals surface area (Å²) < 4.78 is 17.8. The molecule has 10 heteroatoms. The van der Waals surface area contributed by atoms with E-state index in [4.69, 9.17) is 25.8 Å².